The van der Waals surface area contributed by atoms with Crippen LogP contribution in [0.1, 0.15) is 33.6 Å². The second-order valence-electron chi connectivity index (χ2n) is 8.26. The lowest BCUT2D eigenvalue weighted by atomic mass is 9.96. The van der Waals surface area contributed by atoms with E-state index in [2.05, 4.69) is 5.32 Å². The molecule has 0 radical (unpaired) electrons. The number of ether oxygens (including phenoxy) is 2. The van der Waals surface area contributed by atoms with Gasteiger partial charge in [0.1, 0.15) is 11.4 Å². The fourth-order valence-corrected chi connectivity index (χ4v) is 3.36. The Labute approximate surface area is 182 Å². The third kappa shape index (κ3) is 5.89. The highest BCUT2D eigenvalue weighted by molar-refractivity contribution is 6.32. The van der Waals surface area contributed by atoms with Crippen LogP contribution in [0.5, 0.6) is 11.5 Å². The van der Waals surface area contributed by atoms with Gasteiger partial charge >= 0.3 is 6.09 Å². The van der Waals surface area contributed by atoms with E-state index in [4.69, 9.17) is 21.1 Å². The molecule has 160 valence electrons. The molecule has 7 heteroatoms. The molecule has 2 aromatic carbocycles. The zero-order valence-corrected chi connectivity index (χ0v) is 18.2. The highest BCUT2D eigenvalue weighted by Crippen LogP contribution is 2.34. The quantitative estimate of drug-likeness (QED) is 0.673. The lowest BCUT2D eigenvalue weighted by Gasteiger charge is -2.33. The number of halogens is 1. The summed E-state index contributed by atoms with van der Waals surface area (Å²) in [6, 6.07) is 14.4. The molecule has 1 saturated heterocycles. The Balaban J connectivity index is 1.60. The molecule has 30 heavy (non-hydrogen) atoms. The van der Waals surface area contributed by atoms with Crippen molar-refractivity contribution in [2.45, 2.75) is 39.2 Å². The number of amides is 2. The Morgan fingerprint density at radius 1 is 1.00 bits per heavy atom. The number of piperidine rings is 1. The molecule has 0 bridgehead atoms. The predicted molar refractivity (Wildman–Crippen MR) is 117 cm³/mol. The minimum Gasteiger partial charge on any atom is -0.454 e. The van der Waals surface area contributed by atoms with Crippen LogP contribution in [0.15, 0.2) is 48.5 Å². The number of rotatable bonds is 4. The average molecular weight is 431 g/mol. The molecule has 2 aromatic rings. The molecule has 1 heterocycles. The fourth-order valence-electron chi connectivity index (χ4n) is 3.19. The van der Waals surface area contributed by atoms with Crippen LogP contribution < -0.4 is 10.1 Å². The summed E-state index contributed by atoms with van der Waals surface area (Å²) in [5, 5.41) is 3.45. The maximum Gasteiger partial charge on any atom is 0.410 e. The minimum atomic E-state index is -0.531. The van der Waals surface area contributed by atoms with Gasteiger partial charge in [-0.05, 0) is 57.9 Å². The highest BCUT2D eigenvalue weighted by atomic mass is 35.5. The van der Waals surface area contributed by atoms with Crippen LogP contribution >= 0.6 is 11.6 Å². The molecule has 0 spiro atoms. The van der Waals surface area contributed by atoms with Gasteiger partial charge in [-0.3, -0.25) is 4.79 Å². The van der Waals surface area contributed by atoms with Gasteiger partial charge in [0.05, 0.1) is 10.7 Å². The van der Waals surface area contributed by atoms with Crippen molar-refractivity contribution in [2.24, 2.45) is 5.92 Å². The molecule has 0 aromatic heterocycles. The maximum atomic E-state index is 12.8. The molecule has 0 unspecified atom stereocenters. The monoisotopic (exact) mass is 430 g/mol. The topological polar surface area (TPSA) is 67.9 Å². The van der Waals surface area contributed by atoms with E-state index in [0.29, 0.717) is 48.1 Å². The van der Waals surface area contributed by atoms with Crippen LogP contribution in [-0.2, 0) is 9.53 Å². The SMILES string of the molecule is CC(C)(C)OC(=O)N1CCC(C(=O)Nc2ccccc2Oc2ccccc2Cl)CC1. The minimum absolute atomic E-state index is 0.0888. The van der Waals surface area contributed by atoms with Crippen molar-refractivity contribution in [3.05, 3.63) is 53.6 Å². The summed E-state index contributed by atoms with van der Waals surface area (Å²) in [4.78, 5) is 26.7. The number of anilines is 1. The third-order valence-corrected chi connectivity index (χ3v) is 5.03. The van der Waals surface area contributed by atoms with Crippen LogP contribution in [0.3, 0.4) is 0 Å². The van der Waals surface area contributed by atoms with Gasteiger partial charge in [0.2, 0.25) is 5.91 Å². The van der Waals surface area contributed by atoms with Crippen molar-refractivity contribution in [1.29, 1.82) is 0 Å². The number of hydrogen-bond donors (Lipinski definition) is 1. The molecule has 0 atom stereocenters. The van der Waals surface area contributed by atoms with E-state index < -0.39 is 5.60 Å². The van der Waals surface area contributed by atoms with Gasteiger partial charge < -0.3 is 19.7 Å². The molecule has 1 aliphatic rings. The first-order valence-corrected chi connectivity index (χ1v) is 10.4. The van der Waals surface area contributed by atoms with E-state index in [1.54, 1.807) is 29.2 Å². The van der Waals surface area contributed by atoms with E-state index >= 15 is 0 Å². The number of benzene rings is 2. The molecule has 3 rings (SSSR count). The standard InChI is InChI=1S/C23H27ClN2O4/c1-23(2,3)30-22(28)26-14-12-16(13-15-26)21(27)25-18-9-5-7-11-20(18)29-19-10-6-4-8-17(19)24/h4-11,16H,12-15H2,1-3H3,(H,25,27). The lowest BCUT2D eigenvalue weighted by Crippen LogP contribution is -2.43. The number of likely N-dealkylation sites (tertiary alicyclic amines) is 1. The summed E-state index contributed by atoms with van der Waals surface area (Å²) < 4.78 is 11.3. The van der Waals surface area contributed by atoms with Crippen molar-refractivity contribution >= 4 is 29.3 Å². The Hall–Kier alpha value is -2.73. The average Bonchev–Trinajstić information content (AvgIpc) is 2.70. The molecule has 6 nitrogen and oxygen atoms in total. The second-order valence-corrected chi connectivity index (χ2v) is 8.67. The summed E-state index contributed by atoms with van der Waals surface area (Å²) in [7, 11) is 0. The van der Waals surface area contributed by atoms with Crippen molar-refractivity contribution in [3.63, 3.8) is 0 Å². The van der Waals surface area contributed by atoms with E-state index in [1.807, 2.05) is 45.0 Å². The number of para-hydroxylation sites is 3. The van der Waals surface area contributed by atoms with E-state index in [1.165, 1.54) is 0 Å². The van der Waals surface area contributed by atoms with Gasteiger partial charge in [-0.2, -0.15) is 0 Å². The van der Waals surface area contributed by atoms with Gasteiger partial charge in [-0.25, -0.2) is 4.79 Å². The zero-order valence-electron chi connectivity index (χ0n) is 17.5. The predicted octanol–water partition coefficient (Wildman–Crippen LogP) is 5.72. The zero-order chi connectivity index (χ0) is 21.7. The molecule has 0 saturated carbocycles. The first kappa shape index (κ1) is 22.0. The van der Waals surface area contributed by atoms with Gasteiger partial charge in [0.25, 0.3) is 0 Å². The van der Waals surface area contributed by atoms with E-state index in [9.17, 15) is 9.59 Å². The molecule has 1 aliphatic heterocycles. The molecular formula is C23H27ClN2O4. The van der Waals surface area contributed by atoms with Crippen LogP contribution in [0.25, 0.3) is 0 Å². The van der Waals surface area contributed by atoms with Gasteiger partial charge in [-0.15, -0.1) is 0 Å². The maximum absolute atomic E-state index is 12.8. The van der Waals surface area contributed by atoms with E-state index in [0.717, 1.165) is 0 Å². The fraction of sp³-hybridized carbons (Fsp3) is 0.391. The largest absolute Gasteiger partial charge is 0.454 e. The van der Waals surface area contributed by atoms with Crippen molar-refractivity contribution < 1.29 is 19.1 Å². The van der Waals surface area contributed by atoms with Crippen LogP contribution in [-0.4, -0.2) is 35.6 Å². The van der Waals surface area contributed by atoms with E-state index in [-0.39, 0.29) is 17.9 Å². The van der Waals surface area contributed by atoms with Crippen LogP contribution in [0, 0.1) is 5.92 Å². The number of carbonyl (C=O) groups is 2. The molecule has 1 N–H and O–H groups in total. The molecule has 2 amide bonds. The highest BCUT2D eigenvalue weighted by Gasteiger charge is 2.30. The normalized spacial score (nSPS) is 14.9. The van der Waals surface area contributed by atoms with Crippen molar-refractivity contribution in [1.82, 2.24) is 4.90 Å². The summed E-state index contributed by atoms with van der Waals surface area (Å²) in [6.45, 7) is 6.50. The molecule has 1 fully saturated rings. The summed E-state index contributed by atoms with van der Waals surface area (Å²) in [5.41, 5.74) is 0.0495. The Bertz CT molecular complexity index is 902. The number of nitrogens with zero attached hydrogens (tertiary/aromatic N) is 1. The van der Waals surface area contributed by atoms with Crippen LogP contribution in [0.2, 0.25) is 5.02 Å². The first-order chi connectivity index (χ1) is 14.2. The Kier molecular flexibility index (Phi) is 6.87. The summed E-state index contributed by atoms with van der Waals surface area (Å²) in [6.07, 6.45) is 0.830. The van der Waals surface area contributed by atoms with Crippen molar-refractivity contribution in [3.8, 4) is 11.5 Å². The molecule has 0 aliphatic carbocycles. The Morgan fingerprint density at radius 3 is 2.23 bits per heavy atom. The first-order valence-electron chi connectivity index (χ1n) is 10.0. The Morgan fingerprint density at radius 2 is 1.60 bits per heavy atom. The number of carbonyl (C=O) groups excluding carboxylic acids is 2. The lowest BCUT2D eigenvalue weighted by molar-refractivity contribution is -0.121. The van der Waals surface area contributed by atoms with Gasteiger partial charge in [0.15, 0.2) is 5.75 Å². The van der Waals surface area contributed by atoms with Crippen molar-refractivity contribution in [2.75, 3.05) is 18.4 Å². The summed E-state index contributed by atoms with van der Waals surface area (Å²) >= 11 is 6.18. The number of hydrogen-bond acceptors (Lipinski definition) is 4. The number of nitrogens with one attached hydrogen (secondary N) is 1. The van der Waals surface area contributed by atoms with Gasteiger partial charge in [0, 0.05) is 19.0 Å². The third-order valence-electron chi connectivity index (χ3n) is 4.72. The second kappa shape index (κ2) is 9.39. The van der Waals surface area contributed by atoms with Gasteiger partial charge in [-0.1, -0.05) is 35.9 Å². The molecular weight excluding hydrogens is 404 g/mol. The smallest absolute Gasteiger partial charge is 0.410 e. The van der Waals surface area contributed by atoms with Crippen LogP contribution in [0.4, 0.5) is 10.5 Å². The summed E-state index contributed by atoms with van der Waals surface area (Å²) in [5.74, 6) is 0.766.